The van der Waals surface area contributed by atoms with Gasteiger partial charge in [-0.05, 0) is 203 Å². The molecule has 9 aromatic rings. The second kappa shape index (κ2) is 30.0. The summed E-state index contributed by atoms with van der Waals surface area (Å²) in [6.07, 6.45) is 21.7. The number of hydrogen-bond donors (Lipinski definition) is 3. The second-order valence-corrected chi connectivity index (χ2v) is 30.0. The molecule has 6 aromatic carbocycles. The number of fused-ring (bicyclic) bond motifs is 5. The lowest BCUT2D eigenvalue weighted by atomic mass is 9.68. The minimum Gasteiger partial charge on any atom is -0.348 e. The summed E-state index contributed by atoms with van der Waals surface area (Å²) in [7, 11) is 0. The van der Waals surface area contributed by atoms with Crippen LogP contribution < -0.4 is 16.0 Å². The van der Waals surface area contributed by atoms with E-state index in [0.717, 1.165) is 117 Å². The van der Waals surface area contributed by atoms with Crippen molar-refractivity contribution in [3.63, 3.8) is 0 Å². The van der Waals surface area contributed by atoms with Gasteiger partial charge in [0.25, 0.3) is 17.7 Å². The Morgan fingerprint density at radius 3 is 1.88 bits per heavy atom. The molecule has 3 heterocycles. The van der Waals surface area contributed by atoms with Gasteiger partial charge >= 0.3 is 0 Å². The summed E-state index contributed by atoms with van der Waals surface area (Å²) in [5.41, 5.74) is 16.0. The Kier molecular flexibility index (Phi) is 20.8. The Labute approximate surface area is 587 Å². The van der Waals surface area contributed by atoms with Crippen molar-refractivity contribution in [2.45, 2.75) is 187 Å². The zero-order valence-corrected chi connectivity index (χ0v) is 58.8. The van der Waals surface area contributed by atoms with Crippen LogP contribution in [0, 0.1) is 28.5 Å². The minimum atomic E-state index is -0.273. The SMILES string of the molecule is CC(NC(=O)c1nn(Cc2ccccc2)c2c1CCCC2c1ccccc1)c1ccccc1.CC12CCC(C1)C(C)(C)C2NC(=O)c1nn(Cc2ccccc2)c2c1CCCC2.C[C@@H](NC(=O)c1nn(-c2ccc(Cl)cc2Cl)c2c1CCC/C2=C\c1ccc(F)cc1)C1CCCCC1. The number of carbonyl (C=O) groups is 3. The van der Waals surface area contributed by atoms with Crippen LogP contribution >= 0.6 is 23.2 Å². The van der Waals surface area contributed by atoms with E-state index in [1.165, 1.54) is 90.7 Å². The first-order valence-corrected chi connectivity index (χ1v) is 36.6. The molecule has 6 atom stereocenters. The molecular formula is C83H92Cl2FN9O3. The van der Waals surface area contributed by atoms with Gasteiger partial charge in [0, 0.05) is 45.4 Å². The van der Waals surface area contributed by atoms with Crippen molar-refractivity contribution in [3.8, 4) is 5.69 Å². The molecule has 5 unspecified atom stereocenters. The van der Waals surface area contributed by atoms with Crippen LogP contribution in [0.25, 0.3) is 17.3 Å². The van der Waals surface area contributed by atoms with Crippen LogP contribution in [0.3, 0.4) is 0 Å². The third kappa shape index (κ3) is 14.8. The average Bonchev–Trinajstić information content (AvgIpc) is 1.58. The van der Waals surface area contributed by atoms with Gasteiger partial charge in [0.15, 0.2) is 17.1 Å². The van der Waals surface area contributed by atoms with E-state index >= 15 is 0 Å². The van der Waals surface area contributed by atoms with Gasteiger partial charge in [-0.1, -0.05) is 197 Å². The van der Waals surface area contributed by atoms with Crippen molar-refractivity contribution >= 4 is 52.6 Å². The topological polar surface area (TPSA) is 141 Å². The van der Waals surface area contributed by atoms with E-state index in [1.54, 1.807) is 28.9 Å². The van der Waals surface area contributed by atoms with Crippen molar-refractivity contribution in [2.24, 2.45) is 22.7 Å². The normalized spacial score (nSPS) is 20.9. The van der Waals surface area contributed by atoms with Crippen molar-refractivity contribution in [2.75, 3.05) is 0 Å². The molecule has 2 bridgehead atoms. The minimum absolute atomic E-state index is 0.0433. The number of nitrogens with one attached hydrogen (secondary N) is 3. The second-order valence-electron chi connectivity index (χ2n) is 29.2. The first kappa shape index (κ1) is 68.1. The van der Waals surface area contributed by atoms with Crippen molar-refractivity contribution < 1.29 is 18.8 Å². The maximum atomic E-state index is 13.6. The van der Waals surface area contributed by atoms with Gasteiger partial charge in [-0.2, -0.15) is 15.3 Å². The molecule has 98 heavy (non-hydrogen) atoms. The van der Waals surface area contributed by atoms with Crippen molar-refractivity contribution in [1.29, 1.82) is 0 Å². The lowest BCUT2D eigenvalue weighted by Crippen LogP contribution is -2.52. The van der Waals surface area contributed by atoms with E-state index in [2.05, 4.69) is 132 Å². The fourth-order valence-corrected chi connectivity index (χ4v) is 17.5. The number of carbonyl (C=O) groups excluding carboxylic acids is 3. The molecule has 15 rings (SSSR count). The highest BCUT2D eigenvalue weighted by Crippen LogP contribution is 2.62. The molecule has 0 saturated heterocycles. The van der Waals surface area contributed by atoms with Gasteiger partial charge in [0.1, 0.15) is 5.82 Å². The fourth-order valence-electron chi connectivity index (χ4n) is 17.1. The Morgan fingerprint density at radius 1 is 0.602 bits per heavy atom. The number of allylic oxidation sites excluding steroid dienone is 1. The number of halogens is 3. The third-order valence-corrected chi connectivity index (χ3v) is 22.8. The van der Waals surface area contributed by atoms with Gasteiger partial charge in [-0.15, -0.1) is 0 Å². The van der Waals surface area contributed by atoms with Gasteiger partial charge in [-0.3, -0.25) is 23.7 Å². The molecule has 6 aliphatic rings. The van der Waals surface area contributed by atoms with E-state index in [0.29, 0.717) is 45.3 Å². The molecule has 0 radical (unpaired) electrons. The van der Waals surface area contributed by atoms with E-state index in [1.807, 2.05) is 61.5 Å². The predicted octanol–water partition coefficient (Wildman–Crippen LogP) is 18.5. The maximum absolute atomic E-state index is 13.6. The molecule has 12 nitrogen and oxygen atoms in total. The van der Waals surface area contributed by atoms with E-state index in [4.69, 9.17) is 38.5 Å². The van der Waals surface area contributed by atoms with Crippen LogP contribution in [-0.4, -0.2) is 59.1 Å². The van der Waals surface area contributed by atoms with E-state index in [9.17, 15) is 18.8 Å². The molecule has 3 fully saturated rings. The highest BCUT2D eigenvalue weighted by molar-refractivity contribution is 6.35. The molecule has 0 spiro atoms. The Hall–Kier alpha value is -8.39. The molecule has 0 aliphatic heterocycles. The zero-order chi connectivity index (χ0) is 68.1. The summed E-state index contributed by atoms with van der Waals surface area (Å²) in [5, 5.41) is 25.5. The maximum Gasteiger partial charge on any atom is 0.272 e. The van der Waals surface area contributed by atoms with Crippen LogP contribution in [0.15, 0.2) is 164 Å². The largest absolute Gasteiger partial charge is 0.348 e. The van der Waals surface area contributed by atoms with Gasteiger partial charge < -0.3 is 16.0 Å². The summed E-state index contributed by atoms with van der Waals surface area (Å²) in [5.74, 6) is 1.01. The first-order valence-electron chi connectivity index (χ1n) is 35.8. The molecule has 6 aliphatic carbocycles. The van der Waals surface area contributed by atoms with Crippen LogP contribution in [0.5, 0.6) is 0 Å². The van der Waals surface area contributed by atoms with Crippen molar-refractivity contribution in [1.82, 2.24) is 45.3 Å². The standard InChI is InChI=1S/C29H30Cl2FN3O.C29H29N3O.C25H33N3O/c1-18(20-6-3-2-4-7-20)33-29(36)27-24-9-5-8-21(16-19-10-13-23(32)14-11-19)28(24)35(34-27)26-15-12-22(30)17-25(26)31;1-21(23-14-7-3-8-15-23)30-29(33)27-26-19-11-18-25(24-16-9-4-10-17-24)28(26)32(31-27)20-22-12-5-2-6-13-22;1-24(2)18-13-14-25(3,15-18)23(24)26-22(29)21-19-11-7-8-12-20(19)28(27-21)16-17-9-5-4-6-10-17/h10-18,20H,2-9H2,1H3,(H,33,36);2-10,12-17,21,25H,11,18-20H2,1H3,(H,30,33);4-6,9-10,18,23H,7-8,11-16H2,1-3H3,(H,26,29)/b21-16+;;/t18-;;/m1../s1. The Morgan fingerprint density at radius 2 is 1.20 bits per heavy atom. The summed E-state index contributed by atoms with van der Waals surface area (Å²) in [6.45, 7) is 12.6. The molecule has 15 heteroatoms. The lowest BCUT2D eigenvalue weighted by Gasteiger charge is -2.43. The smallest absolute Gasteiger partial charge is 0.272 e. The summed E-state index contributed by atoms with van der Waals surface area (Å²) < 4.78 is 19.4. The number of amides is 3. The summed E-state index contributed by atoms with van der Waals surface area (Å²) in [4.78, 5) is 40.4. The van der Waals surface area contributed by atoms with E-state index < -0.39 is 0 Å². The number of nitrogens with zero attached hydrogens (tertiary/aromatic N) is 6. The van der Waals surface area contributed by atoms with E-state index in [-0.39, 0.29) is 58.4 Å². The van der Waals surface area contributed by atoms with Crippen LogP contribution in [-0.2, 0) is 38.8 Å². The number of aromatic nitrogens is 6. The molecule has 3 N–H and O–H groups in total. The monoisotopic (exact) mass is 1350 g/mol. The molecular weight excluding hydrogens is 1260 g/mol. The summed E-state index contributed by atoms with van der Waals surface area (Å²) in [6, 6.07) is 53.4. The quantitative estimate of drug-likeness (QED) is 0.0934. The van der Waals surface area contributed by atoms with Crippen LogP contribution in [0.2, 0.25) is 10.0 Å². The lowest BCUT2D eigenvalue weighted by molar-refractivity contribution is 0.0731. The van der Waals surface area contributed by atoms with Gasteiger partial charge in [-0.25, -0.2) is 9.07 Å². The summed E-state index contributed by atoms with van der Waals surface area (Å²) >= 11 is 12.8. The molecule has 3 aromatic heterocycles. The van der Waals surface area contributed by atoms with Gasteiger partial charge in [0.2, 0.25) is 0 Å². The molecule has 508 valence electrons. The fraction of sp³-hybridized carbons (Fsp3) is 0.398. The van der Waals surface area contributed by atoms with Crippen molar-refractivity contribution in [3.05, 3.63) is 258 Å². The number of rotatable bonds is 15. The average molecular weight is 1350 g/mol. The predicted molar refractivity (Wildman–Crippen MR) is 391 cm³/mol. The first-order chi connectivity index (χ1) is 47.5. The molecule has 3 saturated carbocycles. The van der Waals surface area contributed by atoms with Gasteiger partial charge in [0.05, 0.1) is 41.2 Å². The Bertz CT molecular complexity index is 4310. The van der Waals surface area contributed by atoms with Crippen LogP contribution in [0.1, 0.15) is 230 Å². The molecule has 3 amide bonds. The third-order valence-electron chi connectivity index (χ3n) is 22.2. The Balaban J connectivity index is 0.000000133. The highest BCUT2D eigenvalue weighted by Gasteiger charge is 2.60. The highest BCUT2D eigenvalue weighted by atomic mass is 35.5. The number of hydrogen-bond acceptors (Lipinski definition) is 6. The zero-order valence-electron chi connectivity index (χ0n) is 57.3. The number of benzene rings is 6. The van der Waals surface area contributed by atoms with Crippen LogP contribution in [0.4, 0.5) is 4.39 Å².